The first-order chi connectivity index (χ1) is 12.1. The van der Waals surface area contributed by atoms with Gasteiger partial charge < -0.3 is 10.1 Å². The molecule has 1 heterocycles. The summed E-state index contributed by atoms with van der Waals surface area (Å²) in [7, 11) is 1.55. The second-order valence-corrected chi connectivity index (χ2v) is 6.36. The highest BCUT2D eigenvalue weighted by Gasteiger charge is 2.42. The zero-order valence-corrected chi connectivity index (χ0v) is 13.6. The first kappa shape index (κ1) is 15.6. The van der Waals surface area contributed by atoms with E-state index in [0.717, 1.165) is 12.0 Å². The average molecular weight is 340 g/mol. The lowest BCUT2D eigenvalue weighted by atomic mass is 9.76. The highest BCUT2D eigenvalue weighted by atomic mass is 19.1. The van der Waals surface area contributed by atoms with Crippen molar-refractivity contribution in [2.75, 3.05) is 12.4 Å². The van der Waals surface area contributed by atoms with Gasteiger partial charge in [-0.2, -0.15) is 0 Å². The molecule has 0 amide bonds. The number of nitro benzene ring substituents is 1. The Hall–Kier alpha value is -2.89. The molecule has 1 aliphatic carbocycles. The second kappa shape index (κ2) is 5.88. The molecule has 0 bridgehead atoms. The third kappa shape index (κ3) is 2.45. The fourth-order valence-electron chi connectivity index (χ4n) is 3.99. The number of methoxy groups -OCH3 is 1. The van der Waals surface area contributed by atoms with Gasteiger partial charge in [0.05, 0.1) is 29.3 Å². The van der Waals surface area contributed by atoms with E-state index >= 15 is 0 Å². The second-order valence-electron chi connectivity index (χ2n) is 6.36. The Labute approximate surface area is 144 Å². The lowest BCUT2D eigenvalue weighted by Gasteiger charge is -2.37. The van der Waals surface area contributed by atoms with Crippen LogP contribution in [0, 0.1) is 21.8 Å². The minimum absolute atomic E-state index is 0.0657. The van der Waals surface area contributed by atoms with Crippen molar-refractivity contribution in [2.45, 2.75) is 18.4 Å². The number of hydrogen-bond acceptors (Lipinski definition) is 4. The SMILES string of the molecule is COc1ccc([N+](=O)[O-])c2c1NC(c1ccc(F)cc1)C1CC=CC21. The lowest BCUT2D eigenvalue weighted by Crippen LogP contribution is -2.30. The summed E-state index contributed by atoms with van der Waals surface area (Å²) in [6.45, 7) is 0. The molecule has 128 valence electrons. The van der Waals surface area contributed by atoms with Crippen molar-refractivity contribution in [1.29, 1.82) is 0 Å². The van der Waals surface area contributed by atoms with Gasteiger partial charge in [0.25, 0.3) is 5.69 Å². The lowest BCUT2D eigenvalue weighted by molar-refractivity contribution is -0.385. The number of nitro groups is 1. The third-order valence-electron chi connectivity index (χ3n) is 5.10. The molecule has 2 aromatic rings. The standard InChI is InChI=1S/C19H17FN2O3/c1-25-16-10-9-15(22(23)24)17-13-3-2-4-14(13)18(21-19(16)17)11-5-7-12(20)8-6-11/h2-3,5-10,13-14,18,21H,4H2,1H3. The van der Waals surface area contributed by atoms with Gasteiger partial charge in [0, 0.05) is 12.0 Å². The molecule has 2 aliphatic rings. The van der Waals surface area contributed by atoms with Crippen LogP contribution in [-0.4, -0.2) is 12.0 Å². The molecular formula is C19H17FN2O3. The summed E-state index contributed by atoms with van der Waals surface area (Å²) >= 11 is 0. The van der Waals surface area contributed by atoms with Crippen LogP contribution in [0.3, 0.4) is 0 Å². The van der Waals surface area contributed by atoms with Crippen molar-refractivity contribution < 1.29 is 14.1 Å². The van der Waals surface area contributed by atoms with E-state index in [1.807, 2.05) is 6.08 Å². The van der Waals surface area contributed by atoms with Gasteiger partial charge in [-0.05, 0) is 36.1 Å². The van der Waals surface area contributed by atoms with Crippen molar-refractivity contribution >= 4 is 11.4 Å². The van der Waals surface area contributed by atoms with Crippen LogP contribution in [0.15, 0.2) is 48.6 Å². The predicted molar refractivity (Wildman–Crippen MR) is 92.4 cm³/mol. The van der Waals surface area contributed by atoms with Crippen molar-refractivity contribution in [3.63, 3.8) is 0 Å². The maximum atomic E-state index is 13.3. The maximum Gasteiger partial charge on any atom is 0.275 e. The summed E-state index contributed by atoms with van der Waals surface area (Å²) in [6.07, 6.45) is 4.91. The van der Waals surface area contributed by atoms with E-state index < -0.39 is 0 Å². The van der Waals surface area contributed by atoms with Gasteiger partial charge in [-0.3, -0.25) is 10.1 Å². The normalized spacial score (nSPS) is 23.5. The molecule has 3 atom stereocenters. The van der Waals surface area contributed by atoms with E-state index in [0.29, 0.717) is 17.0 Å². The Bertz CT molecular complexity index is 864. The van der Waals surface area contributed by atoms with E-state index in [4.69, 9.17) is 4.74 Å². The molecule has 4 rings (SSSR count). The minimum Gasteiger partial charge on any atom is -0.495 e. The highest BCUT2D eigenvalue weighted by Crippen LogP contribution is 2.54. The average Bonchev–Trinajstić information content (AvgIpc) is 3.10. The predicted octanol–water partition coefficient (Wildman–Crippen LogP) is 4.57. The molecule has 1 N–H and O–H groups in total. The van der Waals surface area contributed by atoms with Crippen molar-refractivity contribution in [3.8, 4) is 5.75 Å². The van der Waals surface area contributed by atoms with Crippen LogP contribution in [-0.2, 0) is 0 Å². The minimum atomic E-state index is -0.346. The molecule has 0 spiro atoms. The Morgan fingerprint density at radius 1 is 1.24 bits per heavy atom. The topological polar surface area (TPSA) is 64.4 Å². The van der Waals surface area contributed by atoms with Gasteiger partial charge in [0.1, 0.15) is 11.6 Å². The highest BCUT2D eigenvalue weighted by molar-refractivity contribution is 5.73. The summed E-state index contributed by atoms with van der Waals surface area (Å²) in [5.74, 6) is 0.367. The van der Waals surface area contributed by atoms with Crippen LogP contribution in [0.1, 0.15) is 29.5 Å². The van der Waals surface area contributed by atoms with Gasteiger partial charge >= 0.3 is 0 Å². The molecule has 1 aliphatic heterocycles. The molecule has 0 saturated carbocycles. The van der Waals surface area contributed by atoms with E-state index in [1.54, 1.807) is 25.3 Å². The summed E-state index contributed by atoms with van der Waals surface area (Å²) in [4.78, 5) is 11.2. The van der Waals surface area contributed by atoms with Gasteiger partial charge in [0.2, 0.25) is 0 Å². The molecule has 0 fully saturated rings. The fourth-order valence-corrected chi connectivity index (χ4v) is 3.99. The van der Waals surface area contributed by atoms with E-state index in [2.05, 4.69) is 11.4 Å². The van der Waals surface area contributed by atoms with Gasteiger partial charge in [-0.15, -0.1) is 0 Å². The first-order valence-electron chi connectivity index (χ1n) is 8.14. The number of hydrogen-bond donors (Lipinski definition) is 1. The number of benzene rings is 2. The quantitative estimate of drug-likeness (QED) is 0.505. The van der Waals surface area contributed by atoms with E-state index in [1.165, 1.54) is 18.2 Å². The zero-order chi connectivity index (χ0) is 17.6. The van der Waals surface area contributed by atoms with Crippen LogP contribution in [0.25, 0.3) is 0 Å². The molecule has 0 saturated heterocycles. The number of nitrogens with one attached hydrogen (secondary N) is 1. The van der Waals surface area contributed by atoms with E-state index in [9.17, 15) is 14.5 Å². The molecule has 5 nitrogen and oxygen atoms in total. The number of ether oxygens (including phenoxy) is 1. The number of allylic oxidation sites excluding steroid dienone is 2. The molecule has 6 heteroatoms. The van der Waals surface area contributed by atoms with Crippen LogP contribution in [0.2, 0.25) is 0 Å². The Kier molecular flexibility index (Phi) is 3.67. The largest absolute Gasteiger partial charge is 0.495 e. The van der Waals surface area contributed by atoms with Crippen LogP contribution >= 0.6 is 0 Å². The monoisotopic (exact) mass is 340 g/mol. The molecule has 0 radical (unpaired) electrons. The summed E-state index contributed by atoms with van der Waals surface area (Å²) in [5.41, 5.74) is 2.38. The Morgan fingerprint density at radius 2 is 2.00 bits per heavy atom. The first-order valence-corrected chi connectivity index (χ1v) is 8.14. The Balaban J connectivity index is 1.87. The number of fused-ring (bicyclic) bond motifs is 3. The van der Waals surface area contributed by atoms with Crippen LogP contribution in [0.4, 0.5) is 15.8 Å². The number of rotatable bonds is 3. The molecular weight excluding hydrogens is 323 g/mol. The van der Waals surface area contributed by atoms with Crippen LogP contribution in [0.5, 0.6) is 5.75 Å². The van der Waals surface area contributed by atoms with Gasteiger partial charge in [-0.25, -0.2) is 4.39 Å². The number of anilines is 1. The van der Waals surface area contributed by atoms with E-state index in [-0.39, 0.29) is 34.3 Å². The summed E-state index contributed by atoms with van der Waals surface area (Å²) in [5, 5.41) is 14.9. The zero-order valence-electron chi connectivity index (χ0n) is 13.6. The van der Waals surface area contributed by atoms with Gasteiger partial charge in [0.15, 0.2) is 0 Å². The smallest absolute Gasteiger partial charge is 0.275 e. The molecule has 25 heavy (non-hydrogen) atoms. The number of halogens is 1. The van der Waals surface area contributed by atoms with Crippen molar-refractivity contribution in [1.82, 2.24) is 0 Å². The summed E-state index contributed by atoms with van der Waals surface area (Å²) < 4.78 is 18.7. The van der Waals surface area contributed by atoms with Crippen molar-refractivity contribution in [2.24, 2.45) is 5.92 Å². The van der Waals surface area contributed by atoms with Gasteiger partial charge in [-0.1, -0.05) is 24.3 Å². The number of nitrogens with zero attached hydrogens (tertiary/aromatic N) is 1. The Morgan fingerprint density at radius 3 is 2.68 bits per heavy atom. The molecule has 0 aromatic heterocycles. The molecule has 2 aromatic carbocycles. The maximum absolute atomic E-state index is 13.3. The fraction of sp³-hybridized carbons (Fsp3) is 0.263. The van der Waals surface area contributed by atoms with Crippen LogP contribution < -0.4 is 10.1 Å². The third-order valence-corrected chi connectivity index (χ3v) is 5.10. The molecule has 3 unspecified atom stereocenters. The summed E-state index contributed by atoms with van der Waals surface area (Å²) in [6, 6.07) is 9.45. The van der Waals surface area contributed by atoms with Crippen molar-refractivity contribution in [3.05, 3.63) is 75.6 Å².